The summed E-state index contributed by atoms with van der Waals surface area (Å²) < 4.78 is 11.5. The summed E-state index contributed by atoms with van der Waals surface area (Å²) in [5.74, 6) is 1.82. The average molecular weight is 263 g/mol. The first-order valence-electron chi connectivity index (χ1n) is 7.50. The van der Waals surface area contributed by atoms with E-state index in [2.05, 4.69) is 18.3 Å². The van der Waals surface area contributed by atoms with Crippen molar-refractivity contribution in [3.63, 3.8) is 0 Å². The van der Waals surface area contributed by atoms with Crippen LogP contribution < -0.4 is 14.8 Å². The number of para-hydroxylation sites is 1. The molecule has 19 heavy (non-hydrogen) atoms. The van der Waals surface area contributed by atoms with Gasteiger partial charge < -0.3 is 14.8 Å². The third-order valence-electron chi connectivity index (χ3n) is 3.38. The van der Waals surface area contributed by atoms with Crippen molar-refractivity contribution in [2.24, 2.45) is 0 Å². The Morgan fingerprint density at radius 3 is 2.89 bits per heavy atom. The van der Waals surface area contributed by atoms with Crippen molar-refractivity contribution >= 4 is 0 Å². The summed E-state index contributed by atoms with van der Waals surface area (Å²) in [6.07, 6.45) is 6.14. The number of nitrogens with one attached hydrogen (secondary N) is 1. The van der Waals surface area contributed by atoms with Crippen molar-refractivity contribution in [3.05, 3.63) is 23.8 Å². The molecule has 0 atom stereocenters. The topological polar surface area (TPSA) is 30.5 Å². The molecule has 0 unspecified atom stereocenters. The Hall–Kier alpha value is -1.22. The fraction of sp³-hybridized carbons (Fsp3) is 0.625. The van der Waals surface area contributed by atoms with Crippen LogP contribution in [0.4, 0.5) is 0 Å². The molecule has 0 aromatic heterocycles. The van der Waals surface area contributed by atoms with Crippen molar-refractivity contribution in [1.29, 1.82) is 0 Å². The molecular formula is C16H25NO2. The number of unbranched alkanes of at least 4 members (excludes halogenated alkanes) is 3. The molecule has 0 fully saturated rings. The van der Waals surface area contributed by atoms with Crippen molar-refractivity contribution in [2.45, 2.75) is 45.6 Å². The fourth-order valence-electron chi connectivity index (χ4n) is 2.29. The summed E-state index contributed by atoms with van der Waals surface area (Å²) in [4.78, 5) is 0. The standard InChI is InChI=1S/C16H25NO2/c1-2-3-4-5-10-17-13-14-8-6-9-15-16(14)19-12-7-11-18-15/h6,8-9,17H,2-5,7,10-13H2,1H3. The van der Waals surface area contributed by atoms with Gasteiger partial charge in [0.15, 0.2) is 11.5 Å². The minimum atomic E-state index is 0.751. The highest BCUT2D eigenvalue weighted by Crippen LogP contribution is 2.33. The number of ether oxygens (including phenoxy) is 2. The van der Waals surface area contributed by atoms with Crippen LogP contribution >= 0.6 is 0 Å². The van der Waals surface area contributed by atoms with Crippen LogP contribution in [-0.4, -0.2) is 19.8 Å². The predicted octanol–water partition coefficient (Wildman–Crippen LogP) is 3.52. The van der Waals surface area contributed by atoms with Crippen LogP contribution in [0.25, 0.3) is 0 Å². The maximum atomic E-state index is 5.81. The lowest BCUT2D eigenvalue weighted by Crippen LogP contribution is -2.15. The number of hydrogen-bond acceptors (Lipinski definition) is 3. The van der Waals surface area contributed by atoms with E-state index >= 15 is 0 Å². The molecule has 2 rings (SSSR count). The monoisotopic (exact) mass is 263 g/mol. The second-order valence-electron chi connectivity index (χ2n) is 5.03. The first kappa shape index (κ1) is 14.2. The molecule has 0 radical (unpaired) electrons. The zero-order valence-electron chi connectivity index (χ0n) is 11.9. The summed E-state index contributed by atoms with van der Waals surface area (Å²) in [5.41, 5.74) is 1.20. The molecule has 3 heteroatoms. The largest absolute Gasteiger partial charge is 0.490 e. The highest BCUT2D eigenvalue weighted by molar-refractivity contribution is 5.46. The first-order valence-corrected chi connectivity index (χ1v) is 7.50. The van der Waals surface area contributed by atoms with Gasteiger partial charge in [0.05, 0.1) is 13.2 Å². The first-order chi connectivity index (χ1) is 9.42. The van der Waals surface area contributed by atoms with Gasteiger partial charge in [0.25, 0.3) is 0 Å². The molecule has 0 saturated carbocycles. The molecule has 1 aromatic rings. The lowest BCUT2D eigenvalue weighted by atomic mass is 10.1. The average Bonchev–Trinajstić information content (AvgIpc) is 2.68. The van der Waals surface area contributed by atoms with E-state index in [1.165, 1.54) is 31.2 Å². The molecule has 3 nitrogen and oxygen atoms in total. The van der Waals surface area contributed by atoms with Gasteiger partial charge >= 0.3 is 0 Å². The van der Waals surface area contributed by atoms with Crippen LogP contribution in [0.15, 0.2) is 18.2 Å². The van der Waals surface area contributed by atoms with Crippen LogP contribution in [0, 0.1) is 0 Å². The number of hydrogen-bond donors (Lipinski definition) is 1. The zero-order valence-corrected chi connectivity index (χ0v) is 11.9. The number of fused-ring (bicyclic) bond motifs is 1. The Morgan fingerprint density at radius 1 is 1.11 bits per heavy atom. The second-order valence-corrected chi connectivity index (χ2v) is 5.03. The fourth-order valence-corrected chi connectivity index (χ4v) is 2.29. The van der Waals surface area contributed by atoms with Gasteiger partial charge in [-0.05, 0) is 19.0 Å². The molecule has 1 aliphatic heterocycles. The Kier molecular flexibility index (Phi) is 6.02. The summed E-state index contributed by atoms with van der Waals surface area (Å²) >= 11 is 0. The van der Waals surface area contributed by atoms with Crippen molar-refractivity contribution in [3.8, 4) is 11.5 Å². The number of rotatable bonds is 7. The van der Waals surface area contributed by atoms with E-state index in [0.717, 1.165) is 44.2 Å². The molecule has 1 aromatic carbocycles. The Morgan fingerprint density at radius 2 is 2.00 bits per heavy atom. The van der Waals surface area contributed by atoms with Crippen molar-refractivity contribution < 1.29 is 9.47 Å². The molecule has 1 aliphatic rings. The van der Waals surface area contributed by atoms with Crippen LogP contribution in [0.3, 0.4) is 0 Å². The van der Waals surface area contributed by atoms with E-state index in [1.54, 1.807) is 0 Å². The highest BCUT2D eigenvalue weighted by Gasteiger charge is 2.13. The van der Waals surface area contributed by atoms with E-state index in [1.807, 2.05) is 12.1 Å². The third kappa shape index (κ3) is 4.43. The SMILES string of the molecule is CCCCCCNCc1cccc2c1OCCCO2. The summed E-state index contributed by atoms with van der Waals surface area (Å²) in [6, 6.07) is 6.15. The van der Waals surface area contributed by atoms with Crippen LogP contribution in [0.2, 0.25) is 0 Å². The normalized spacial score (nSPS) is 14.2. The summed E-state index contributed by atoms with van der Waals surface area (Å²) in [7, 11) is 0. The van der Waals surface area contributed by atoms with E-state index in [4.69, 9.17) is 9.47 Å². The maximum absolute atomic E-state index is 5.81. The van der Waals surface area contributed by atoms with Gasteiger partial charge in [-0.15, -0.1) is 0 Å². The van der Waals surface area contributed by atoms with Crippen molar-refractivity contribution in [1.82, 2.24) is 5.32 Å². The second kappa shape index (κ2) is 8.05. The van der Waals surface area contributed by atoms with Gasteiger partial charge in [0.1, 0.15) is 0 Å². The third-order valence-corrected chi connectivity index (χ3v) is 3.38. The van der Waals surface area contributed by atoms with Gasteiger partial charge in [0.2, 0.25) is 0 Å². The lowest BCUT2D eigenvalue weighted by molar-refractivity contribution is 0.296. The Bertz CT molecular complexity index is 379. The molecule has 0 aliphatic carbocycles. The van der Waals surface area contributed by atoms with E-state index < -0.39 is 0 Å². The lowest BCUT2D eigenvalue weighted by Gasteiger charge is -2.13. The zero-order chi connectivity index (χ0) is 13.3. The van der Waals surface area contributed by atoms with Crippen molar-refractivity contribution in [2.75, 3.05) is 19.8 Å². The molecule has 0 bridgehead atoms. The quantitative estimate of drug-likeness (QED) is 0.764. The minimum absolute atomic E-state index is 0.751. The van der Waals surface area contributed by atoms with Crippen LogP contribution in [0.5, 0.6) is 11.5 Å². The molecular weight excluding hydrogens is 238 g/mol. The van der Waals surface area contributed by atoms with E-state index in [9.17, 15) is 0 Å². The van der Waals surface area contributed by atoms with Gasteiger partial charge in [-0.3, -0.25) is 0 Å². The molecule has 1 N–H and O–H groups in total. The van der Waals surface area contributed by atoms with E-state index in [0.29, 0.717) is 0 Å². The Balaban J connectivity index is 1.83. The molecule has 0 spiro atoms. The van der Waals surface area contributed by atoms with Gasteiger partial charge in [-0.2, -0.15) is 0 Å². The molecule has 1 heterocycles. The van der Waals surface area contributed by atoms with Crippen LogP contribution in [0.1, 0.15) is 44.6 Å². The maximum Gasteiger partial charge on any atom is 0.165 e. The van der Waals surface area contributed by atoms with Crippen LogP contribution in [-0.2, 0) is 6.54 Å². The minimum Gasteiger partial charge on any atom is -0.490 e. The van der Waals surface area contributed by atoms with Gasteiger partial charge in [0, 0.05) is 18.5 Å². The molecule has 0 amide bonds. The van der Waals surface area contributed by atoms with E-state index in [-0.39, 0.29) is 0 Å². The highest BCUT2D eigenvalue weighted by atomic mass is 16.5. The summed E-state index contributed by atoms with van der Waals surface area (Å²) in [5, 5.41) is 3.50. The molecule has 106 valence electrons. The van der Waals surface area contributed by atoms with Gasteiger partial charge in [-0.1, -0.05) is 38.3 Å². The summed E-state index contributed by atoms with van der Waals surface area (Å²) in [6.45, 7) is 5.68. The predicted molar refractivity (Wildman–Crippen MR) is 77.9 cm³/mol. The van der Waals surface area contributed by atoms with Gasteiger partial charge in [-0.25, -0.2) is 0 Å². The smallest absolute Gasteiger partial charge is 0.165 e. The molecule has 0 saturated heterocycles. The Labute approximate surface area is 116 Å². The number of benzene rings is 1.